The molecule has 4 aromatic rings. The number of hydrogen-bond donors (Lipinski definition) is 2. The molecule has 0 saturated carbocycles. The van der Waals surface area contributed by atoms with E-state index in [-0.39, 0.29) is 11.8 Å². The third-order valence-corrected chi connectivity index (χ3v) is 5.06. The van der Waals surface area contributed by atoms with E-state index in [1.165, 1.54) is 5.56 Å². The smallest absolute Gasteiger partial charge is 0.221 e. The fraction of sp³-hybridized carbons (Fsp3) is 0.167. The van der Waals surface area contributed by atoms with Crippen LogP contribution in [0.15, 0.2) is 79.1 Å². The molecule has 0 aliphatic rings. The van der Waals surface area contributed by atoms with Gasteiger partial charge in [0.05, 0.1) is 12.2 Å². The Morgan fingerprint density at radius 2 is 1.82 bits per heavy atom. The lowest BCUT2D eigenvalue weighted by atomic mass is 9.87. The monoisotopic (exact) mass is 369 g/mol. The van der Waals surface area contributed by atoms with Crippen molar-refractivity contribution in [2.24, 2.45) is 0 Å². The maximum Gasteiger partial charge on any atom is 0.221 e. The highest BCUT2D eigenvalue weighted by Gasteiger charge is 2.21. The van der Waals surface area contributed by atoms with Crippen molar-refractivity contribution < 1.29 is 4.79 Å². The molecule has 28 heavy (non-hydrogen) atoms. The standard InChI is InChI=1S/C24H23N3O/c1-17-9-11-18(12-10-17)21(22-16-26-23-8-3-2-7-20(22)23)14-24(28)27-15-19-6-4-5-13-25-19/h2-13,16,21,26H,14-15H2,1H3,(H,27,28)/t21-/m1/s1. The zero-order valence-electron chi connectivity index (χ0n) is 15.9. The summed E-state index contributed by atoms with van der Waals surface area (Å²) < 4.78 is 0. The Hall–Kier alpha value is -3.40. The highest BCUT2D eigenvalue weighted by molar-refractivity contribution is 5.86. The highest BCUT2D eigenvalue weighted by atomic mass is 16.1. The Morgan fingerprint density at radius 1 is 1.04 bits per heavy atom. The topological polar surface area (TPSA) is 57.8 Å². The van der Waals surface area contributed by atoms with Crippen molar-refractivity contribution in [1.82, 2.24) is 15.3 Å². The number of H-pyrrole nitrogens is 1. The molecule has 2 aromatic heterocycles. The first-order valence-corrected chi connectivity index (χ1v) is 9.50. The first-order valence-electron chi connectivity index (χ1n) is 9.50. The van der Waals surface area contributed by atoms with Crippen LogP contribution < -0.4 is 5.32 Å². The number of para-hydroxylation sites is 1. The molecule has 0 fully saturated rings. The summed E-state index contributed by atoms with van der Waals surface area (Å²) in [6, 6.07) is 22.4. The van der Waals surface area contributed by atoms with E-state index in [9.17, 15) is 4.79 Å². The molecule has 1 amide bonds. The molecule has 4 rings (SSSR count). The number of pyridine rings is 1. The van der Waals surface area contributed by atoms with Gasteiger partial charge in [-0.3, -0.25) is 9.78 Å². The van der Waals surface area contributed by atoms with Gasteiger partial charge in [0, 0.05) is 35.6 Å². The van der Waals surface area contributed by atoms with Crippen molar-refractivity contribution in [3.63, 3.8) is 0 Å². The second kappa shape index (κ2) is 8.09. The molecule has 1 atom stereocenters. The SMILES string of the molecule is Cc1ccc([C@@H](CC(=O)NCc2ccccn2)c2c[nH]c3ccccc23)cc1. The number of aromatic amines is 1. The van der Waals surface area contributed by atoms with Gasteiger partial charge in [0.2, 0.25) is 5.91 Å². The van der Waals surface area contributed by atoms with Crippen LogP contribution in [0.1, 0.15) is 34.7 Å². The van der Waals surface area contributed by atoms with Crippen LogP contribution in [0.2, 0.25) is 0 Å². The van der Waals surface area contributed by atoms with Gasteiger partial charge in [0.15, 0.2) is 0 Å². The van der Waals surface area contributed by atoms with E-state index in [0.717, 1.165) is 27.7 Å². The number of hydrogen-bond acceptors (Lipinski definition) is 2. The zero-order valence-corrected chi connectivity index (χ0v) is 15.9. The van der Waals surface area contributed by atoms with Crippen molar-refractivity contribution >= 4 is 16.8 Å². The number of carbonyl (C=O) groups is 1. The van der Waals surface area contributed by atoms with Crippen LogP contribution in [0, 0.1) is 6.92 Å². The summed E-state index contributed by atoms with van der Waals surface area (Å²) in [6.07, 6.45) is 4.15. The number of carbonyl (C=O) groups excluding carboxylic acids is 1. The number of rotatable bonds is 6. The third kappa shape index (κ3) is 3.96. The van der Waals surface area contributed by atoms with Crippen molar-refractivity contribution in [1.29, 1.82) is 0 Å². The van der Waals surface area contributed by atoms with Gasteiger partial charge in [-0.1, -0.05) is 54.1 Å². The molecule has 0 aliphatic heterocycles. The van der Waals surface area contributed by atoms with Crippen LogP contribution in [0.3, 0.4) is 0 Å². The second-order valence-electron chi connectivity index (χ2n) is 7.05. The van der Waals surface area contributed by atoms with Crippen LogP contribution in [0.5, 0.6) is 0 Å². The fourth-order valence-electron chi connectivity index (χ4n) is 3.54. The first kappa shape index (κ1) is 18.0. The van der Waals surface area contributed by atoms with Crippen molar-refractivity contribution in [3.05, 3.63) is 102 Å². The predicted molar refractivity (Wildman–Crippen MR) is 112 cm³/mol. The third-order valence-electron chi connectivity index (χ3n) is 5.06. The second-order valence-corrected chi connectivity index (χ2v) is 7.05. The summed E-state index contributed by atoms with van der Waals surface area (Å²) in [4.78, 5) is 20.4. The molecular formula is C24H23N3O. The van der Waals surface area contributed by atoms with Gasteiger partial charge >= 0.3 is 0 Å². The largest absolute Gasteiger partial charge is 0.361 e. The summed E-state index contributed by atoms with van der Waals surface area (Å²) in [5.74, 6) is 0.00184. The van der Waals surface area contributed by atoms with E-state index in [1.54, 1.807) is 6.20 Å². The average Bonchev–Trinajstić information content (AvgIpc) is 3.16. The summed E-state index contributed by atoms with van der Waals surface area (Å²) in [5.41, 5.74) is 5.44. The molecule has 4 nitrogen and oxygen atoms in total. The van der Waals surface area contributed by atoms with Crippen molar-refractivity contribution in [3.8, 4) is 0 Å². The maximum atomic E-state index is 12.7. The maximum absolute atomic E-state index is 12.7. The molecule has 0 bridgehead atoms. The van der Waals surface area contributed by atoms with E-state index >= 15 is 0 Å². The molecular weight excluding hydrogens is 346 g/mol. The minimum atomic E-state index is -0.0134. The molecule has 0 spiro atoms. The summed E-state index contributed by atoms with van der Waals surface area (Å²) in [7, 11) is 0. The predicted octanol–water partition coefficient (Wildman–Crippen LogP) is 4.71. The van der Waals surface area contributed by atoms with Crippen LogP contribution in [0.4, 0.5) is 0 Å². The molecule has 0 radical (unpaired) electrons. The Bertz CT molecular complexity index is 1070. The van der Waals surface area contributed by atoms with E-state index in [1.807, 2.05) is 36.5 Å². The van der Waals surface area contributed by atoms with Crippen LogP contribution in [-0.2, 0) is 11.3 Å². The number of benzene rings is 2. The van der Waals surface area contributed by atoms with Gasteiger partial charge in [0.25, 0.3) is 0 Å². The quantitative estimate of drug-likeness (QED) is 0.517. The summed E-state index contributed by atoms with van der Waals surface area (Å²) in [5, 5.41) is 4.17. The van der Waals surface area contributed by atoms with Crippen molar-refractivity contribution in [2.45, 2.75) is 25.8 Å². The lowest BCUT2D eigenvalue weighted by Crippen LogP contribution is -2.25. The minimum absolute atomic E-state index is 0.0134. The van der Waals surface area contributed by atoms with Gasteiger partial charge in [-0.25, -0.2) is 0 Å². The van der Waals surface area contributed by atoms with E-state index < -0.39 is 0 Å². The van der Waals surface area contributed by atoms with Crippen LogP contribution >= 0.6 is 0 Å². The Balaban J connectivity index is 1.60. The molecule has 2 N–H and O–H groups in total. The van der Waals surface area contributed by atoms with Gasteiger partial charge < -0.3 is 10.3 Å². The lowest BCUT2D eigenvalue weighted by molar-refractivity contribution is -0.121. The highest BCUT2D eigenvalue weighted by Crippen LogP contribution is 2.33. The van der Waals surface area contributed by atoms with Gasteiger partial charge in [0.1, 0.15) is 0 Å². The van der Waals surface area contributed by atoms with E-state index in [4.69, 9.17) is 0 Å². The van der Waals surface area contributed by atoms with Gasteiger partial charge in [-0.05, 0) is 36.2 Å². The molecule has 0 saturated heterocycles. The number of aromatic nitrogens is 2. The molecule has 4 heteroatoms. The minimum Gasteiger partial charge on any atom is -0.361 e. The zero-order chi connectivity index (χ0) is 19.3. The molecule has 2 heterocycles. The number of amides is 1. The number of nitrogens with zero attached hydrogens (tertiary/aromatic N) is 1. The number of aryl methyl sites for hydroxylation is 1. The van der Waals surface area contributed by atoms with Gasteiger partial charge in [-0.2, -0.15) is 0 Å². The number of nitrogens with one attached hydrogen (secondary N) is 2. The van der Waals surface area contributed by atoms with E-state index in [0.29, 0.717) is 13.0 Å². The van der Waals surface area contributed by atoms with Crippen molar-refractivity contribution in [2.75, 3.05) is 0 Å². The number of fused-ring (bicyclic) bond motifs is 1. The van der Waals surface area contributed by atoms with Crippen LogP contribution in [-0.4, -0.2) is 15.9 Å². The fourth-order valence-corrected chi connectivity index (χ4v) is 3.54. The van der Waals surface area contributed by atoms with Crippen LogP contribution in [0.25, 0.3) is 10.9 Å². The van der Waals surface area contributed by atoms with E-state index in [2.05, 4.69) is 58.6 Å². The van der Waals surface area contributed by atoms with Gasteiger partial charge in [-0.15, -0.1) is 0 Å². The molecule has 140 valence electrons. The Morgan fingerprint density at radius 3 is 2.61 bits per heavy atom. The Labute approximate surface area is 164 Å². The molecule has 0 aliphatic carbocycles. The lowest BCUT2D eigenvalue weighted by Gasteiger charge is -2.17. The first-order chi connectivity index (χ1) is 13.7. The normalized spacial score (nSPS) is 12.0. The average molecular weight is 369 g/mol. The molecule has 2 aromatic carbocycles. The Kier molecular flexibility index (Phi) is 5.20. The summed E-state index contributed by atoms with van der Waals surface area (Å²) in [6.45, 7) is 2.51. The molecule has 0 unspecified atom stereocenters. The summed E-state index contributed by atoms with van der Waals surface area (Å²) >= 11 is 0.